The number of likely N-dealkylation sites (N-methyl/N-ethyl adjacent to an activating group) is 1. The molecule has 36 heavy (non-hydrogen) atoms. The highest BCUT2D eigenvalue weighted by Crippen LogP contribution is 2.38. The Kier molecular flexibility index (Phi) is 5.55. The van der Waals surface area contributed by atoms with E-state index in [9.17, 15) is 19.6 Å². The topological polar surface area (TPSA) is 136 Å². The van der Waals surface area contributed by atoms with Crippen molar-refractivity contribution in [3.63, 3.8) is 0 Å². The Morgan fingerprint density at radius 2 is 1.86 bits per heavy atom. The summed E-state index contributed by atoms with van der Waals surface area (Å²) in [4.78, 5) is 51.3. The molecule has 5 heterocycles. The minimum atomic E-state index is -0.884. The van der Waals surface area contributed by atoms with Gasteiger partial charge in [0.2, 0.25) is 17.6 Å². The normalized spacial score (nSPS) is 22.1. The van der Waals surface area contributed by atoms with E-state index in [0.29, 0.717) is 55.7 Å². The number of amides is 2. The van der Waals surface area contributed by atoms with Gasteiger partial charge in [0.1, 0.15) is 23.2 Å². The van der Waals surface area contributed by atoms with Crippen molar-refractivity contribution in [1.82, 2.24) is 30.1 Å². The molecule has 0 aromatic carbocycles. The van der Waals surface area contributed by atoms with Crippen LogP contribution in [0.4, 0.5) is 5.82 Å². The summed E-state index contributed by atoms with van der Waals surface area (Å²) in [5.41, 5.74) is 2.17. The Morgan fingerprint density at radius 3 is 2.50 bits per heavy atom. The van der Waals surface area contributed by atoms with E-state index in [-0.39, 0.29) is 35.5 Å². The fourth-order valence-corrected chi connectivity index (χ4v) is 5.55. The van der Waals surface area contributed by atoms with Crippen molar-refractivity contribution in [3.05, 3.63) is 17.1 Å². The van der Waals surface area contributed by atoms with Crippen LogP contribution >= 0.6 is 0 Å². The van der Waals surface area contributed by atoms with Gasteiger partial charge in [-0.2, -0.15) is 10.2 Å². The molecule has 190 valence electrons. The number of likely N-dealkylation sites (tertiary alicyclic amines) is 1. The first kappa shape index (κ1) is 24.2. The molecule has 2 N–H and O–H groups in total. The van der Waals surface area contributed by atoms with E-state index in [1.54, 1.807) is 23.4 Å². The largest absolute Gasteiger partial charge is 0.348 e. The monoisotopic (exact) mass is 492 g/mol. The summed E-state index contributed by atoms with van der Waals surface area (Å²) in [6, 6.07) is 1.54. The number of carbonyl (C=O) groups is 3. The highest BCUT2D eigenvalue weighted by atomic mass is 16.2. The van der Waals surface area contributed by atoms with Crippen molar-refractivity contribution >= 4 is 34.6 Å². The maximum atomic E-state index is 13.3. The first-order valence-electron chi connectivity index (χ1n) is 12.4. The van der Waals surface area contributed by atoms with Crippen LogP contribution in [0.1, 0.15) is 62.4 Å². The second kappa shape index (κ2) is 8.27. The zero-order valence-corrected chi connectivity index (χ0v) is 21.4. The molecule has 0 radical (unpaired) electrons. The van der Waals surface area contributed by atoms with E-state index in [4.69, 9.17) is 0 Å². The third kappa shape index (κ3) is 3.89. The van der Waals surface area contributed by atoms with Crippen molar-refractivity contribution < 1.29 is 14.4 Å². The van der Waals surface area contributed by atoms with Crippen LogP contribution in [0.3, 0.4) is 0 Å². The molecular weight excluding hydrogens is 460 g/mol. The van der Waals surface area contributed by atoms with Crippen molar-refractivity contribution in [3.8, 4) is 6.07 Å². The summed E-state index contributed by atoms with van der Waals surface area (Å²) in [6.07, 6.45) is 1.66. The number of nitrogens with zero attached hydrogens (tertiary/aromatic N) is 6. The number of nitrogens with one attached hydrogen (secondary N) is 2. The fourth-order valence-electron chi connectivity index (χ4n) is 5.55. The summed E-state index contributed by atoms with van der Waals surface area (Å²) in [5.74, 6) is 0.330. The van der Waals surface area contributed by atoms with E-state index in [2.05, 4.69) is 52.3 Å². The summed E-state index contributed by atoms with van der Waals surface area (Å²) in [5, 5.41) is 15.3. The fraction of sp³-hybridized carbons (Fsp3) is 0.600. The number of piperidine rings is 1. The van der Waals surface area contributed by atoms with Crippen LogP contribution < -0.4 is 15.5 Å². The van der Waals surface area contributed by atoms with E-state index in [0.717, 1.165) is 11.3 Å². The van der Waals surface area contributed by atoms with E-state index in [1.165, 1.54) is 0 Å². The first-order chi connectivity index (χ1) is 16.9. The Labute approximate surface area is 209 Å². The number of aromatic nitrogens is 3. The van der Waals surface area contributed by atoms with Gasteiger partial charge in [0, 0.05) is 37.9 Å². The summed E-state index contributed by atoms with van der Waals surface area (Å²) < 4.78 is 1.74. The molecule has 2 fully saturated rings. The molecule has 1 atom stereocenters. The van der Waals surface area contributed by atoms with Crippen molar-refractivity contribution in [1.29, 1.82) is 5.26 Å². The standard InChI is InChI=1S/C25H32N8O3/c1-14-22(35)30-25(23(36)27-14)6-8-32(9-7-25)12-16-15(10-24(2,3)4)19-20-21(29-17(11-26)28-19)31(5)13-18(34)33(16)20/h14H,6-10,12-13H2,1-5H3,(H,27,36)(H,30,35). The molecule has 3 aliphatic heterocycles. The van der Waals surface area contributed by atoms with Crippen LogP contribution in [-0.4, -0.2) is 75.4 Å². The lowest BCUT2D eigenvalue weighted by molar-refractivity contribution is -0.143. The molecule has 2 aromatic rings. The number of anilines is 1. The first-order valence-corrected chi connectivity index (χ1v) is 12.4. The molecule has 1 spiro atoms. The zero-order chi connectivity index (χ0) is 26.0. The van der Waals surface area contributed by atoms with Crippen LogP contribution in [0.2, 0.25) is 0 Å². The SMILES string of the molecule is CC1NC(=O)C2(CCN(Cc3c(CC(C)(C)C)c4nc(C#N)nc5c4n3C(=O)CN5C)CC2)NC1=O. The molecule has 11 heteroatoms. The van der Waals surface area contributed by atoms with Crippen molar-refractivity contribution in [2.24, 2.45) is 5.41 Å². The maximum absolute atomic E-state index is 13.3. The minimum absolute atomic E-state index is 0.0557. The lowest BCUT2D eigenvalue weighted by Gasteiger charge is -2.44. The molecule has 0 aliphatic carbocycles. The Hall–Kier alpha value is -3.52. The van der Waals surface area contributed by atoms with Crippen LogP contribution in [-0.2, 0) is 22.6 Å². The molecule has 0 saturated carbocycles. The van der Waals surface area contributed by atoms with Crippen molar-refractivity contribution in [2.45, 2.75) is 65.1 Å². The molecule has 1 unspecified atom stereocenters. The number of piperazine rings is 1. The van der Waals surface area contributed by atoms with Gasteiger partial charge in [0.05, 0.1) is 12.1 Å². The van der Waals surface area contributed by atoms with Gasteiger partial charge in [0.25, 0.3) is 5.91 Å². The van der Waals surface area contributed by atoms with Gasteiger partial charge in [-0.25, -0.2) is 4.98 Å². The molecular formula is C25H32N8O3. The Morgan fingerprint density at radius 1 is 1.17 bits per heavy atom. The molecule has 3 aliphatic rings. The van der Waals surface area contributed by atoms with Gasteiger partial charge in [0.15, 0.2) is 5.82 Å². The van der Waals surface area contributed by atoms with Crippen LogP contribution in [0.5, 0.6) is 0 Å². The lowest BCUT2D eigenvalue weighted by Crippen LogP contribution is -2.71. The summed E-state index contributed by atoms with van der Waals surface area (Å²) >= 11 is 0. The average Bonchev–Trinajstić information content (AvgIpc) is 3.09. The number of nitriles is 1. The van der Waals surface area contributed by atoms with Crippen LogP contribution in [0, 0.1) is 16.7 Å². The van der Waals surface area contributed by atoms with Gasteiger partial charge >= 0.3 is 0 Å². The predicted molar refractivity (Wildman–Crippen MR) is 132 cm³/mol. The van der Waals surface area contributed by atoms with Crippen molar-refractivity contribution in [2.75, 3.05) is 31.6 Å². The van der Waals surface area contributed by atoms with Gasteiger partial charge in [-0.1, -0.05) is 20.8 Å². The third-order valence-corrected chi connectivity index (χ3v) is 7.40. The molecule has 2 amide bonds. The van der Waals surface area contributed by atoms with E-state index >= 15 is 0 Å². The quantitative estimate of drug-likeness (QED) is 0.646. The minimum Gasteiger partial charge on any atom is -0.348 e. The molecule has 2 aromatic heterocycles. The molecule has 5 rings (SSSR count). The smallest absolute Gasteiger partial charge is 0.251 e. The number of rotatable bonds is 3. The second-order valence-electron chi connectivity index (χ2n) is 11.5. The molecule has 11 nitrogen and oxygen atoms in total. The molecule has 2 saturated heterocycles. The van der Waals surface area contributed by atoms with Gasteiger partial charge in [-0.05, 0) is 31.6 Å². The van der Waals surface area contributed by atoms with Gasteiger partial charge < -0.3 is 15.5 Å². The van der Waals surface area contributed by atoms with Crippen LogP contribution in [0.25, 0.3) is 11.0 Å². The van der Waals surface area contributed by atoms with E-state index in [1.807, 2.05) is 0 Å². The van der Waals surface area contributed by atoms with E-state index < -0.39 is 11.6 Å². The number of carbonyl (C=O) groups excluding carboxylic acids is 3. The Balaban J connectivity index is 1.53. The predicted octanol–water partition coefficient (Wildman–Crippen LogP) is 0.951. The average molecular weight is 493 g/mol. The lowest BCUT2D eigenvalue weighted by atomic mass is 9.84. The zero-order valence-electron chi connectivity index (χ0n) is 21.4. The second-order valence-corrected chi connectivity index (χ2v) is 11.5. The van der Waals surface area contributed by atoms with Crippen LogP contribution in [0.15, 0.2) is 0 Å². The number of hydrogen-bond acceptors (Lipinski definition) is 8. The highest BCUT2D eigenvalue weighted by molar-refractivity contribution is 6.04. The molecule has 0 bridgehead atoms. The summed E-state index contributed by atoms with van der Waals surface area (Å²) in [7, 11) is 1.80. The maximum Gasteiger partial charge on any atom is 0.251 e. The number of hydrogen-bond donors (Lipinski definition) is 2. The summed E-state index contributed by atoms with van der Waals surface area (Å²) in [6.45, 7) is 9.93. The third-order valence-electron chi connectivity index (χ3n) is 7.40. The van der Waals surface area contributed by atoms with Gasteiger partial charge in [-0.15, -0.1) is 0 Å². The highest BCUT2D eigenvalue weighted by Gasteiger charge is 2.47. The van der Waals surface area contributed by atoms with Gasteiger partial charge in [-0.3, -0.25) is 23.9 Å². The Bertz CT molecular complexity index is 1320.